The molecule has 0 aliphatic carbocycles. The fraction of sp³-hybridized carbons (Fsp3) is 0.333. The lowest BCUT2D eigenvalue weighted by molar-refractivity contribution is -0.142. The molecule has 0 bridgehead atoms. The van der Waals surface area contributed by atoms with Crippen LogP contribution in [0.3, 0.4) is 0 Å². The van der Waals surface area contributed by atoms with Crippen LogP contribution in [-0.4, -0.2) is 46.4 Å². The first kappa shape index (κ1) is 23.1. The first-order chi connectivity index (χ1) is 17.0. The number of ether oxygens (including phenoxy) is 1. The highest BCUT2D eigenvalue weighted by Crippen LogP contribution is 2.41. The highest BCUT2D eigenvalue weighted by Gasteiger charge is 2.47. The molecule has 2 aliphatic rings. The molecular weight excluding hydrogens is 447 g/mol. The maximum absolute atomic E-state index is 14.2. The van der Waals surface area contributed by atoms with Crippen molar-refractivity contribution < 1.29 is 18.7 Å². The number of amides is 2. The number of likely N-dealkylation sites (tertiary alicyclic amines) is 1. The van der Waals surface area contributed by atoms with Crippen LogP contribution in [0.5, 0.6) is 0 Å². The average Bonchev–Trinajstić information content (AvgIpc) is 3.39. The number of rotatable bonds is 5. The molecular formula is C27H27FN4O3. The fourth-order valence-electron chi connectivity index (χ4n) is 5.21. The Morgan fingerprint density at radius 2 is 1.86 bits per heavy atom. The van der Waals surface area contributed by atoms with E-state index in [2.05, 4.69) is 4.98 Å². The van der Waals surface area contributed by atoms with Crippen molar-refractivity contribution in [2.45, 2.75) is 37.1 Å². The van der Waals surface area contributed by atoms with E-state index in [4.69, 9.17) is 15.5 Å². The number of carbonyl (C=O) groups excluding carboxylic acids is 2. The van der Waals surface area contributed by atoms with Crippen LogP contribution in [-0.2, 0) is 14.9 Å². The Labute approximate surface area is 203 Å². The number of nitrogens with two attached hydrogens (primary N) is 1. The summed E-state index contributed by atoms with van der Waals surface area (Å²) in [5.41, 5.74) is 7.16. The summed E-state index contributed by atoms with van der Waals surface area (Å²) in [6.45, 7) is 1.54. The van der Waals surface area contributed by atoms with Gasteiger partial charge >= 0.3 is 0 Å². The molecule has 2 aliphatic heterocycles. The van der Waals surface area contributed by atoms with Gasteiger partial charge in [-0.05, 0) is 61.6 Å². The van der Waals surface area contributed by atoms with Gasteiger partial charge in [0.2, 0.25) is 11.8 Å². The number of halogens is 1. The number of nitrogens with zero attached hydrogens (tertiary/aromatic N) is 3. The summed E-state index contributed by atoms with van der Waals surface area (Å²) in [6.07, 6.45) is 4.37. The topological polar surface area (TPSA) is 98.4 Å². The van der Waals surface area contributed by atoms with Crippen molar-refractivity contribution in [1.82, 2.24) is 14.9 Å². The lowest BCUT2D eigenvalue weighted by atomic mass is 9.72. The lowest BCUT2D eigenvalue weighted by Crippen LogP contribution is -2.49. The maximum Gasteiger partial charge on any atom is 0.248 e. The van der Waals surface area contributed by atoms with Crippen LogP contribution in [0.2, 0.25) is 0 Å². The predicted octanol–water partition coefficient (Wildman–Crippen LogP) is 3.79. The van der Waals surface area contributed by atoms with Gasteiger partial charge in [-0.2, -0.15) is 0 Å². The second-order valence-corrected chi connectivity index (χ2v) is 9.11. The van der Waals surface area contributed by atoms with Gasteiger partial charge in [0.15, 0.2) is 5.82 Å². The Bertz CT molecular complexity index is 1240. The summed E-state index contributed by atoms with van der Waals surface area (Å²) in [7, 11) is 0. The molecule has 0 radical (unpaired) electrons. The van der Waals surface area contributed by atoms with Gasteiger partial charge in [0.25, 0.3) is 0 Å². The SMILES string of the molecule is NC(=O)c1ccc(-c2nccc([C@@H]3CCCN3C(=O)C3(c4cccc(F)c4)CCOCC3)n2)cc1. The van der Waals surface area contributed by atoms with Gasteiger partial charge in [0.05, 0.1) is 17.2 Å². The Morgan fingerprint density at radius 3 is 2.57 bits per heavy atom. The molecule has 5 rings (SSSR count). The molecule has 0 spiro atoms. The number of carbonyl (C=O) groups is 2. The van der Waals surface area contributed by atoms with Crippen molar-refractivity contribution in [2.75, 3.05) is 19.8 Å². The number of aromatic nitrogens is 2. The number of hydrogen-bond donors (Lipinski definition) is 1. The van der Waals surface area contributed by atoms with E-state index in [0.717, 1.165) is 24.1 Å². The minimum Gasteiger partial charge on any atom is -0.381 e. The van der Waals surface area contributed by atoms with Gasteiger partial charge in [-0.1, -0.05) is 24.3 Å². The van der Waals surface area contributed by atoms with E-state index >= 15 is 0 Å². The largest absolute Gasteiger partial charge is 0.381 e. The zero-order valence-corrected chi connectivity index (χ0v) is 19.3. The van der Waals surface area contributed by atoms with E-state index in [1.54, 1.807) is 36.5 Å². The van der Waals surface area contributed by atoms with Crippen LogP contribution in [0.15, 0.2) is 60.8 Å². The molecule has 2 aromatic carbocycles. The zero-order valence-electron chi connectivity index (χ0n) is 19.3. The van der Waals surface area contributed by atoms with Crippen molar-refractivity contribution in [1.29, 1.82) is 0 Å². The molecule has 0 saturated carbocycles. The van der Waals surface area contributed by atoms with E-state index in [0.29, 0.717) is 49.6 Å². The first-order valence-corrected chi connectivity index (χ1v) is 11.9. The van der Waals surface area contributed by atoms with Gasteiger partial charge in [-0.3, -0.25) is 9.59 Å². The standard InChI is InChI=1S/C27H27FN4O3/c28-21-4-1-3-20(17-21)27(11-15-35-16-12-27)26(34)32-14-2-5-23(32)22-10-13-30-25(31-22)19-8-6-18(7-9-19)24(29)33/h1,3-4,6-10,13,17,23H,2,5,11-12,14-16H2,(H2,29,33)/t23-/m0/s1. The fourth-order valence-corrected chi connectivity index (χ4v) is 5.21. The van der Waals surface area contributed by atoms with Crippen molar-refractivity contribution in [3.63, 3.8) is 0 Å². The van der Waals surface area contributed by atoms with Gasteiger partial charge in [-0.15, -0.1) is 0 Å². The molecule has 8 heteroatoms. The summed E-state index contributed by atoms with van der Waals surface area (Å²) >= 11 is 0. The van der Waals surface area contributed by atoms with Crippen molar-refractivity contribution in [3.05, 3.63) is 83.4 Å². The smallest absolute Gasteiger partial charge is 0.248 e. The second-order valence-electron chi connectivity index (χ2n) is 9.11. The number of hydrogen-bond acceptors (Lipinski definition) is 5. The molecule has 35 heavy (non-hydrogen) atoms. The van der Waals surface area contributed by atoms with Crippen LogP contribution in [0, 0.1) is 5.82 Å². The zero-order chi connectivity index (χ0) is 24.4. The van der Waals surface area contributed by atoms with Crippen LogP contribution in [0.25, 0.3) is 11.4 Å². The molecule has 1 aromatic heterocycles. The Morgan fingerprint density at radius 1 is 1.09 bits per heavy atom. The lowest BCUT2D eigenvalue weighted by Gasteiger charge is -2.40. The normalized spacial score (nSPS) is 19.5. The van der Waals surface area contributed by atoms with E-state index in [1.165, 1.54) is 12.1 Å². The van der Waals surface area contributed by atoms with E-state index in [9.17, 15) is 14.0 Å². The van der Waals surface area contributed by atoms with E-state index < -0.39 is 11.3 Å². The molecule has 180 valence electrons. The second kappa shape index (κ2) is 9.54. The maximum atomic E-state index is 14.2. The molecule has 7 nitrogen and oxygen atoms in total. The molecule has 0 unspecified atom stereocenters. The highest BCUT2D eigenvalue weighted by molar-refractivity contribution is 5.93. The summed E-state index contributed by atoms with van der Waals surface area (Å²) in [5, 5.41) is 0. The van der Waals surface area contributed by atoms with Gasteiger partial charge in [0.1, 0.15) is 5.82 Å². The molecule has 2 amide bonds. The summed E-state index contributed by atoms with van der Waals surface area (Å²) in [4.78, 5) is 36.6. The van der Waals surface area contributed by atoms with Crippen LogP contribution in [0.1, 0.15) is 53.3 Å². The number of primary amides is 1. The van der Waals surface area contributed by atoms with Crippen LogP contribution in [0.4, 0.5) is 4.39 Å². The third-order valence-corrected chi connectivity index (χ3v) is 7.09. The Kier molecular flexibility index (Phi) is 6.30. The molecule has 2 fully saturated rings. The van der Waals surface area contributed by atoms with Crippen LogP contribution >= 0.6 is 0 Å². The van der Waals surface area contributed by atoms with Crippen molar-refractivity contribution in [3.8, 4) is 11.4 Å². The molecule has 2 saturated heterocycles. The van der Waals surface area contributed by atoms with E-state index in [1.807, 2.05) is 17.0 Å². The first-order valence-electron chi connectivity index (χ1n) is 11.9. The highest BCUT2D eigenvalue weighted by atomic mass is 19.1. The average molecular weight is 475 g/mol. The quantitative estimate of drug-likeness (QED) is 0.607. The van der Waals surface area contributed by atoms with Crippen molar-refractivity contribution >= 4 is 11.8 Å². The molecule has 3 aromatic rings. The summed E-state index contributed by atoms with van der Waals surface area (Å²) in [5.74, 6) is -0.322. The minimum atomic E-state index is -0.816. The Hall–Kier alpha value is -3.65. The van der Waals surface area contributed by atoms with Gasteiger partial charge < -0.3 is 15.4 Å². The monoisotopic (exact) mass is 474 g/mol. The molecule has 2 N–H and O–H groups in total. The Balaban J connectivity index is 1.46. The number of benzene rings is 2. The van der Waals surface area contributed by atoms with E-state index in [-0.39, 0.29) is 17.8 Å². The van der Waals surface area contributed by atoms with Gasteiger partial charge in [0, 0.05) is 37.1 Å². The molecule has 1 atom stereocenters. The molecule has 3 heterocycles. The minimum absolute atomic E-state index is 0.000117. The summed E-state index contributed by atoms with van der Waals surface area (Å²) in [6, 6.07) is 14.9. The van der Waals surface area contributed by atoms with Crippen LogP contribution < -0.4 is 5.73 Å². The predicted molar refractivity (Wildman–Crippen MR) is 128 cm³/mol. The van der Waals surface area contributed by atoms with Crippen molar-refractivity contribution in [2.24, 2.45) is 5.73 Å². The van der Waals surface area contributed by atoms with Gasteiger partial charge in [-0.25, -0.2) is 14.4 Å². The summed E-state index contributed by atoms with van der Waals surface area (Å²) < 4.78 is 19.7. The third kappa shape index (κ3) is 4.41. The third-order valence-electron chi connectivity index (χ3n) is 7.09.